The van der Waals surface area contributed by atoms with Gasteiger partial charge in [-0.3, -0.25) is 9.59 Å². The molecule has 2 aromatic heterocycles. The van der Waals surface area contributed by atoms with Gasteiger partial charge < -0.3 is 5.32 Å². The van der Waals surface area contributed by atoms with E-state index in [2.05, 4.69) is 10.3 Å². The Kier molecular flexibility index (Phi) is 3.56. The topological polar surface area (TPSA) is 62.3 Å². The molecule has 0 radical (unpaired) electrons. The molecule has 7 heteroatoms. The van der Waals surface area contributed by atoms with Crippen molar-refractivity contribution in [1.29, 1.82) is 0 Å². The van der Waals surface area contributed by atoms with Crippen molar-refractivity contribution in [2.24, 2.45) is 0 Å². The average Bonchev–Trinajstić information content (AvgIpc) is 2.88. The minimum Gasteiger partial charge on any atom is -0.309 e. The summed E-state index contributed by atoms with van der Waals surface area (Å²) >= 11 is 2.78. The number of nitrogens with zero attached hydrogens (tertiary/aromatic N) is 2. The fraction of sp³-hybridized carbons (Fsp3) is 0.154. The Bertz CT molecular complexity index is 657. The Labute approximate surface area is 124 Å². The van der Waals surface area contributed by atoms with Crippen LogP contribution in [0.1, 0.15) is 9.67 Å². The van der Waals surface area contributed by atoms with E-state index in [1.807, 2.05) is 11.4 Å². The Balaban J connectivity index is 1.83. The Morgan fingerprint density at radius 1 is 1.40 bits per heavy atom. The maximum absolute atomic E-state index is 12.4. The molecule has 0 saturated heterocycles. The SMILES string of the molecule is CN1Sc2ccsc2C(=O)C1C(=O)Nc1ccccn1. The van der Waals surface area contributed by atoms with Crippen LogP contribution in [0.4, 0.5) is 5.82 Å². The molecule has 1 atom stereocenters. The van der Waals surface area contributed by atoms with Gasteiger partial charge in [0, 0.05) is 11.1 Å². The molecule has 20 heavy (non-hydrogen) atoms. The van der Waals surface area contributed by atoms with Crippen molar-refractivity contribution in [2.45, 2.75) is 10.9 Å². The maximum Gasteiger partial charge on any atom is 0.251 e. The number of hydrogen-bond donors (Lipinski definition) is 1. The molecule has 1 aliphatic rings. The summed E-state index contributed by atoms with van der Waals surface area (Å²) in [6, 6.07) is 6.30. The first kappa shape index (κ1) is 13.3. The zero-order valence-electron chi connectivity index (χ0n) is 10.6. The van der Waals surface area contributed by atoms with Crippen LogP contribution in [0.15, 0.2) is 40.7 Å². The van der Waals surface area contributed by atoms with Gasteiger partial charge in [0.25, 0.3) is 5.91 Å². The van der Waals surface area contributed by atoms with E-state index in [0.29, 0.717) is 10.7 Å². The van der Waals surface area contributed by atoms with E-state index in [-0.39, 0.29) is 11.7 Å². The number of pyridine rings is 1. The van der Waals surface area contributed by atoms with Crippen LogP contribution in [0, 0.1) is 0 Å². The summed E-state index contributed by atoms with van der Waals surface area (Å²) in [6.07, 6.45) is 1.59. The average molecular weight is 305 g/mol. The monoisotopic (exact) mass is 305 g/mol. The minimum absolute atomic E-state index is 0.162. The molecule has 5 nitrogen and oxygen atoms in total. The predicted octanol–water partition coefficient (Wildman–Crippen LogP) is 2.29. The van der Waals surface area contributed by atoms with E-state index >= 15 is 0 Å². The first-order valence-electron chi connectivity index (χ1n) is 5.91. The molecular formula is C13H11N3O2S2. The molecule has 0 saturated carbocycles. The van der Waals surface area contributed by atoms with Gasteiger partial charge in [0.05, 0.1) is 4.88 Å². The lowest BCUT2D eigenvalue weighted by Gasteiger charge is -2.28. The smallest absolute Gasteiger partial charge is 0.251 e. The lowest BCUT2D eigenvalue weighted by molar-refractivity contribution is -0.118. The number of thiophene rings is 1. The third-order valence-corrected chi connectivity index (χ3v) is 4.97. The van der Waals surface area contributed by atoms with Crippen molar-refractivity contribution in [3.8, 4) is 0 Å². The number of amides is 1. The first-order chi connectivity index (χ1) is 9.66. The molecule has 3 heterocycles. The first-order valence-corrected chi connectivity index (χ1v) is 7.56. The highest BCUT2D eigenvalue weighted by atomic mass is 32.2. The number of hydrogen-bond acceptors (Lipinski definition) is 6. The summed E-state index contributed by atoms with van der Waals surface area (Å²) in [5, 5.41) is 4.54. The van der Waals surface area contributed by atoms with Crippen molar-refractivity contribution in [2.75, 3.05) is 12.4 Å². The van der Waals surface area contributed by atoms with Gasteiger partial charge >= 0.3 is 0 Å². The molecule has 2 aromatic rings. The molecule has 1 N–H and O–H groups in total. The zero-order valence-corrected chi connectivity index (χ0v) is 12.2. The summed E-state index contributed by atoms with van der Waals surface area (Å²) in [5.74, 6) is -0.0758. The normalized spacial score (nSPS) is 18.6. The number of likely N-dealkylation sites (N-methyl/N-ethyl adjacent to an activating group) is 1. The van der Waals surface area contributed by atoms with Crippen molar-refractivity contribution in [1.82, 2.24) is 9.29 Å². The fourth-order valence-electron chi connectivity index (χ4n) is 1.96. The van der Waals surface area contributed by atoms with E-state index in [4.69, 9.17) is 0 Å². The minimum atomic E-state index is -0.826. The van der Waals surface area contributed by atoms with Crippen LogP contribution in [0.3, 0.4) is 0 Å². The number of nitrogens with one attached hydrogen (secondary N) is 1. The molecule has 0 bridgehead atoms. The molecule has 0 fully saturated rings. The number of carbonyl (C=O) groups excluding carboxylic acids is 2. The second-order valence-corrected chi connectivity index (χ2v) is 6.34. The van der Waals surface area contributed by atoms with Gasteiger partial charge in [0.1, 0.15) is 5.82 Å². The largest absolute Gasteiger partial charge is 0.309 e. The van der Waals surface area contributed by atoms with Crippen LogP contribution in [0.2, 0.25) is 0 Å². The van der Waals surface area contributed by atoms with Crippen LogP contribution in [-0.2, 0) is 4.79 Å². The summed E-state index contributed by atoms with van der Waals surface area (Å²) in [4.78, 5) is 30.3. The van der Waals surface area contributed by atoms with Crippen molar-refractivity contribution in [3.63, 3.8) is 0 Å². The standard InChI is InChI=1S/C13H11N3O2S2/c1-16-10(11(17)12-8(20-16)5-7-19-12)13(18)15-9-4-2-3-6-14-9/h2-7,10H,1H3,(H,14,15,18). The van der Waals surface area contributed by atoms with Gasteiger partial charge in [-0.25, -0.2) is 9.29 Å². The van der Waals surface area contributed by atoms with Crippen molar-refractivity contribution in [3.05, 3.63) is 40.7 Å². The van der Waals surface area contributed by atoms with Gasteiger partial charge in [0.2, 0.25) is 5.78 Å². The van der Waals surface area contributed by atoms with Crippen LogP contribution >= 0.6 is 23.3 Å². The summed E-state index contributed by atoms with van der Waals surface area (Å²) < 4.78 is 1.68. The van der Waals surface area contributed by atoms with Crippen LogP contribution in [-0.4, -0.2) is 34.1 Å². The van der Waals surface area contributed by atoms with E-state index in [1.54, 1.807) is 35.7 Å². The fourth-order valence-corrected chi connectivity index (χ4v) is 3.98. The third-order valence-electron chi connectivity index (χ3n) is 2.87. The van der Waals surface area contributed by atoms with Gasteiger partial charge in [-0.1, -0.05) is 6.07 Å². The predicted molar refractivity (Wildman–Crippen MR) is 78.9 cm³/mol. The molecule has 102 valence electrons. The molecule has 0 aliphatic carbocycles. The highest BCUT2D eigenvalue weighted by molar-refractivity contribution is 7.97. The second-order valence-electron chi connectivity index (χ2n) is 4.22. The van der Waals surface area contributed by atoms with Crippen LogP contribution in [0.5, 0.6) is 0 Å². The highest BCUT2D eigenvalue weighted by Crippen LogP contribution is 2.37. The Hall–Kier alpha value is -1.70. The number of aromatic nitrogens is 1. The lowest BCUT2D eigenvalue weighted by Crippen LogP contribution is -2.46. The second kappa shape index (κ2) is 5.35. The molecular weight excluding hydrogens is 294 g/mol. The van der Waals surface area contributed by atoms with Gasteiger partial charge in [0.15, 0.2) is 6.04 Å². The number of fused-ring (bicyclic) bond motifs is 1. The van der Waals surface area contributed by atoms with Crippen LogP contribution in [0.25, 0.3) is 0 Å². The quantitative estimate of drug-likeness (QED) is 0.681. The van der Waals surface area contributed by atoms with E-state index in [0.717, 1.165) is 4.90 Å². The maximum atomic E-state index is 12.4. The molecule has 3 rings (SSSR count). The van der Waals surface area contributed by atoms with E-state index in [1.165, 1.54) is 23.3 Å². The molecule has 0 aromatic carbocycles. The molecule has 1 aliphatic heterocycles. The summed E-state index contributed by atoms with van der Waals surface area (Å²) in [6.45, 7) is 0. The summed E-state index contributed by atoms with van der Waals surface area (Å²) in [7, 11) is 1.74. The van der Waals surface area contributed by atoms with Gasteiger partial charge in [-0.15, -0.1) is 11.3 Å². The number of rotatable bonds is 2. The zero-order chi connectivity index (χ0) is 14.1. The van der Waals surface area contributed by atoms with Crippen LogP contribution < -0.4 is 5.32 Å². The van der Waals surface area contributed by atoms with Gasteiger partial charge in [-0.2, -0.15) is 0 Å². The lowest BCUT2D eigenvalue weighted by atomic mass is 10.1. The van der Waals surface area contributed by atoms with Crippen molar-refractivity contribution < 1.29 is 9.59 Å². The van der Waals surface area contributed by atoms with Crippen molar-refractivity contribution >= 4 is 40.8 Å². The highest BCUT2D eigenvalue weighted by Gasteiger charge is 2.38. The van der Waals surface area contributed by atoms with E-state index < -0.39 is 6.04 Å². The van der Waals surface area contributed by atoms with E-state index in [9.17, 15) is 9.59 Å². The number of Topliss-reactive ketones (excluding diaryl/α,β-unsaturated/α-hetero) is 1. The number of anilines is 1. The Morgan fingerprint density at radius 2 is 2.25 bits per heavy atom. The molecule has 1 unspecified atom stereocenters. The number of ketones is 1. The third kappa shape index (κ3) is 2.35. The number of carbonyl (C=O) groups is 2. The molecule has 0 spiro atoms. The van der Waals surface area contributed by atoms with Gasteiger partial charge in [-0.05, 0) is 42.6 Å². The molecule has 1 amide bonds. The Morgan fingerprint density at radius 3 is 3.00 bits per heavy atom. The summed E-state index contributed by atoms with van der Waals surface area (Å²) in [5.41, 5.74) is 0.